The number of amides is 1. The highest BCUT2D eigenvalue weighted by Gasteiger charge is 2.14. The number of nitrogens with one attached hydrogen (secondary N) is 2. The molecule has 0 aliphatic heterocycles. The molecule has 0 unspecified atom stereocenters. The second kappa shape index (κ2) is 10.0. The van der Waals surface area contributed by atoms with E-state index in [1.165, 1.54) is 28.7 Å². The van der Waals surface area contributed by atoms with E-state index in [-0.39, 0.29) is 17.9 Å². The largest absolute Gasteiger partial charge is 0.302 e. The topological polar surface area (TPSA) is 87.7 Å². The molecule has 30 heavy (non-hydrogen) atoms. The lowest BCUT2D eigenvalue weighted by molar-refractivity contribution is -0.116. The zero-order valence-corrected chi connectivity index (χ0v) is 19.3. The zero-order chi connectivity index (χ0) is 21.7. The molecular formula is C22H26N4O2S2. The maximum atomic E-state index is 12.4. The van der Waals surface area contributed by atoms with Crippen molar-refractivity contribution in [2.45, 2.75) is 51.6 Å². The molecule has 0 aliphatic rings. The number of rotatable bonds is 8. The Morgan fingerprint density at radius 1 is 1.17 bits per heavy atom. The Labute approximate surface area is 184 Å². The molecule has 2 heterocycles. The van der Waals surface area contributed by atoms with Gasteiger partial charge in [0.05, 0.1) is 5.69 Å². The summed E-state index contributed by atoms with van der Waals surface area (Å²) in [6, 6.07) is 8.43. The summed E-state index contributed by atoms with van der Waals surface area (Å²) in [5, 5.41) is 4.03. The Bertz CT molecular complexity index is 1090. The third-order valence-corrected chi connectivity index (χ3v) is 6.27. The van der Waals surface area contributed by atoms with Gasteiger partial charge in [0.25, 0.3) is 5.56 Å². The standard InChI is InChI=1S/C22H26N4O2S2/c1-5-6-15-7-9-16(10-8-15)19-14(3)30-22(25-19)24-18(27)12-11-17-13(2)23-21(29-4)26-20(17)28/h7-10H,5-6,11-12H2,1-4H3,(H,23,26,28)(H,24,25,27). The highest BCUT2D eigenvalue weighted by atomic mass is 32.2. The van der Waals surface area contributed by atoms with Crippen molar-refractivity contribution in [1.29, 1.82) is 0 Å². The van der Waals surface area contributed by atoms with Crippen LogP contribution in [-0.4, -0.2) is 27.1 Å². The molecule has 0 saturated heterocycles. The van der Waals surface area contributed by atoms with Gasteiger partial charge in [-0.3, -0.25) is 9.59 Å². The fraction of sp³-hybridized carbons (Fsp3) is 0.364. The first-order chi connectivity index (χ1) is 14.4. The molecule has 0 bridgehead atoms. The summed E-state index contributed by atoms with van der Waals surface area (Å²) in [7, 11) is 0. The van der Waals surface area contributed by atoms with Crippen molar-refractivity contribution in [2.75, 3.05) is 11.6 Å². The van der Waals surface area contributed by atoms with Crippen molar-refractivity contribution >= 4 is 34.1 Å². The minimum atomic E-state index is -0.182. The van der Waals surface area contributed by atoms with Crippen LogP contribution in [0.5, 0.6) is 0 Å². The van der Waals surface area contributed by atoms with Gasteiger partial charge in [0.2, 0.25) is 5.91 Å². The van der Waals surface area contributed by atoms with Crippen molar-refractivity contribution in [3.05, 3.63) is 56.3 Å². The molecule has 3 rings (SSSR count). The van der Waals surface area contributed by atoms with Gasteiger partial charge in [-0.1, -0.05) is 49.4 Å². The summed E-state index contributed by atoms with van der Waals surface area (Å²) < 4.78 is 0. The van der Waals surface area contributed by atoms with Gasteiger partial charge in [-0.2, -0.15) is 0 Å². The first-order valence-electron chi connectivity index (χ1n) is 9.91. The summed E-state index contributed by atoms with van der Waals surface area (Å²) in [4.78, 5) is 37.4. The third-order valence-electron chi connectivity index (χ3n) is 4.80. The van der Waals surface area contributed by atoms with Crippen LogP contribution in [0.3, 0.4) is 0 Å². The number of nitrogens with zero attached hydrogens (tertiary/aromatic N) is 2. The van der Waals surface area contributed by atoms with E-state index >= 15 is 0 Å². The molecule has 0 saturated carbocycles. The van der Waals surface area contributed by atoms with Crippen LogP contribution in [-0.2, 0) is 17.6 Å². The lowest BCUT2D eigenvalue weighted by Crippen LogP contribution is -2.20. The molecule has 2 N–H and O–H groups in total. The van der Waals surface area contributed by atoms with Crippen molar-refractivity contribution in [3.8, 4) is 11.3 Å². The van der Waals surface area contributed by atoms with Gasteiger partial charge in [0.15, 0.2) is 10.3 Å². The molecule has 158 valence electrons. The van der Waals surface area contributed by atoms with Crippen LogP contribution in [0.15, 0.2) is 34.2 Å². The normalized spacial score (nSPS) is 10.9. The fourth-order valence-corrected chi connectivity index (χ4v) is 4.51. The van der Waals surface area contributed by atoms with E-state index in [0.29, 0.717) is 28.0 Å². The maximum Gasteiger partial charge on any atom is 0.254 e. The summed E-state index contributed by atoms with van der Waals surface area (Å²) in [6.07, 6.45) is 4.58. The van der Waals surface area contributed by atoms with Gasteiger partial charge in [-0.25, -0.2) is 9.97 Å². The Kier molecular flexibility index (Phi) is 7.44. The van der Waals surface area contributed by atoms with E-state index in [0.717, 1.165) is 29.0 Å². The summed E-state index contributed by atoms with van der Waals surface area (Å²) in [5.41, 5.74) is 4.28. The first-order valence-corrected chi connectivity index (χ1v) is 12.0. The first kappa shape index (κ1) is 22.2. The number of thiazole rings is 1. The number of benzene rings is 1. The second-order valence-corrected chi connectivity index (χ2v) is 9.06. The van der Waals surface area contributed by atoms with Crippen molar-refractivity contribution in [3.63, 3.8) is 0 Å². The fourth-order valence-electron chi connectivity index (χ4n) is 3.23. The Balaban J connectivity index is 1.65. The number of H-pyrrole nitrogens is 1. The average molecular weight is 443 g/mol. The Morgan fingerprint density at radius 3 is 2.53 bits per heavy atom. The zero-order valence-electron chi connectivity index (χ0n) is 17.7. The number of hydrogen-bond donors (Lipinski definition) is 2. The smallest absolute Gasteiger partial charge is 0.254 e. The SMILES string of the molecule is CCCc1ccc(-c2nc(NC(=O)CCc3c(C)nc(SC)[nH]c3=O)sc2C)cc1. The Morgan fingerprint density at radius 2 is 1.90 bits per heavy atom. The summed E-state index contributed by atoms with van der Waals surface area (Å²) in [5.74, 6) is -0.165. The molecule has 0 spiro atoms. The molecule has 1 aromatic carbocycles. The van der Waals surface area contributed by atoms with Gasteiger partial charge in [0.1, 0.15) is 0 Å². The van der Waals surface area contributed by atoms with E-state index in [1.807, 2.05) is 13.2 Å². The van der Waals surface area contributed by atoms with Crippen LogP contribution < -0.4 is 10.9 Å². The van der Waals surface area contributed by atoms with Crippen molar-refractivity contribution < 1.29 is 4.79 Å². The van der Waals surface area contributed by atoms with Crippen LogP contribution in [0.1, 0.15) is 41.5 Å². The number of hydrogen-bond acceptors (Lipinski definition) is 6. The van der Waals surface area contributed by atoms with Crippen LogP contribution in [0.25, 0.3) is 11.3 Å². The third kappa shape index (κ3) is 5.37. The molecule has 3 aromatic rings. The van der Waals surface area contributed by atoms with Gasteiger partial charge >= 0.3 is 0 Å². The molecule has 6 nitrogen and oxygen atoms in total. The molecular weight excluding hydrogens is 416 g/mol. The summed E-state index contributed by atoms with van der Waals surface area (Å²) >= 11 is 2.84. The minimum absolute atomic E-state index is 0.165. The lowest BCUT2D eigenvalue weighted by Gasteiger charge is -2.06. The number of thioether (sulfide) groups is 1. The molecule has 1 amide bonds. The highest BCUT2D eigenvalue weighted by Crippen LogP contribution is 2.30. The van der Waals surface area contributed by atoms with E-state index in [4.69, 9.17) is 0 Å². The quantitative estimate of drug-likeness (QED) is 0.388. The van der Waals surface area contributed by atoms with Gasteiger partial charge in [-0.05, 0) is 38.5 Å². The molecule has 0 atom stereocenters. The predicted octanol–water partition coefficient (Wildman–Crippen LogP) is 4.76. The lowest BCUT2D eigenvalue weighted by atomic mass is 10.1. The van der Waals surface area contributed by atoms with Gasteiger partial charge < -0.3 is 10.3 Å². The maximum absolute atomic E-state index is 12.4. The molecule has 0 fully saturated rings. The monoisotopic (exact) mass is 442 g/mol. The van der Waals surface area contributed by atoms with Crippen LogP contribution in [0.2, 0.25) is 0 Å². The predicted molar refractivity (Wildman–Crippen MR) is 125 cm³/mol. The number of anilines is 1. The average Bonchev–Trinajstić information content (AvgIpc) is 3.07. The van der Waals surface area contributed by atoms with Gasteiger partial charge in [0, 0.05) is 28.1 Å². The highest BCUT2D eigenvalue weighted by molar-refractivity contribution is 7.98. The molecule has 8 heteroatoms. The van der Waals surface area contributed by atoms with Crippen molar-refractivity contribution in [1.82, 2.24) is 15.0 Å². The molecule has 0 radical (unpaired) electrons. The van der Waals surface area contributed by atoms with Crippen molar-refractivity contribution in [2.24, 2.45) is 0 Å². The number of aryl methyl sites for hydroxylation is 3. The Hall–Kier alpha value is -2.45. The van der Waals surface area contributed by atoms with E-state index < -0.39 is 0 Å². The van der Waals surface area contributed by atoms with Crippen LogP contribution in [0, 0.1) is 13.8 Å². The number of carbonyl (C=O) groups excluding carboxylic acids is 1. The number of aromatic nitrogens is 3. The van der Waals surface area contributed by atoms with Crippen LogP contribution in [0.4, 0.5) is 5.13 Å². The second-order valence-electron chi connectivity index (χ2n) is 7.06. The van der Waals surface area contributed by atoms with E-state index in [2.05, 4.69) is 51.5 Å². The van der Waals surface area contributed by atoms with E-state index in [9.17, 15) is 9.59 Å². The number of carbonyl (C=O) groups is 1. The van der Waals surface area contributed by atoms with Gasteiger partial charge in [-0.15, -0.1) is 11.3 Å². The number of aromatic amines is 1. The van der Waals surface area contributed by atoms with Crippen LogP contribution >= 0.6 is 23.1 Å². The minimum Gasteiger partial charge on any atom is -0.302 e. The molecule has 2 aromatic heterocycles. The van der Waals surface area contributed by atoms with E-state index in [1.54, 1.807) is 6.92 Å². The molecule has 0 aliphatic carbocycles. The summed E-state index contributed by atoms with van der Waals surface area (Å²) in [6.45, 7) is 5.97.